The van der Waals surface area contributed by atoms with Crippen molar-refractivity contribution < 1.29 is 14.3 Å². The Morgan fingerprint density at radius 1 is 1.22 bits per heavy atom. The second-order valence-corrected chi connectivity index (χ2v) is 6.71. The smallest absolute Gasteiger partial charge is 0.225 e. The third-order valence-electron chi connectivity index (χ3n) is 5.16. The summed E-state index contributed by atoms with van der Waals surface area (Å²) in [7, 11) is 1.71. The zero-order chi connectivity index (χ0) is 16.1. The highest BCUT2D eigenvalue weighted by Gasteiger charge is 2.29. The molecule has 0 atom stereocenters. The van der Waals surface area contributed by atoms with E-state index < -0.39 is 0 Å². The fraction of sp³-hybridized carbons (Fsp3) is 0.632. The van der Waals surface area contributed by atoms with E-state index in [1.54, 1.807) is 7.11 Å². The summed E-state index contributed by atoms with van der Waals surface area (Å²) in [6.07, 6.45) is 5.07. The Morgan fingerprint density at radius 3 is 2.65 bits per heavy atom. The molecule has 2 fully saturated rings. The van der Waals surface area contributed by atoms with Crippen LogP contribution in [0.2, 0.25) is 0 Å². The van der Waals surface area contributed by atoms with Crippen molar-refractivity contribution >= 4 is 5.91 Å². The molecule has 4 nitrogen and oxygen atoms in total. The van der Waals surface area contributed by atoms with Gasteiger partial charge in [-0.15, -0.1) is 0 Å². The van der Waals surface area contributed by atoms with Crippen LogP contribution in [0.25, 0.3) is 0 Å². The van der Waals surface area contributed by atoms with Crippen LogP contribution in [0.1, 0.15) is 31.2 Å². The standard InChI is InChI=1S/C19H27NO3/c1-22-18-4-2-3-16(14-18)13-15-5-9-20(10-6-15)19(21)17-7-11-23-12-8-17/h2-4,14-15,17H,5-13H2,1H3. The number of nitrogens with zero attached hydrogens (tertiary/aromatic N) is 1. The number of carbonyl (C=O) groups excluding carboxylic acids is 1. The average molecular weight is 317 g/mol. The van der Waals surface area contributed by atoms with Gasteiger partial charge in [-0.3, -0.25) is 4.79 Å². The first-order valence-corrected chi connectivity index (χ1v) is 8.75. The quantitative estimate of drug-likeness (QED) is 0.857. The summed E-state index contributed by atoms with van der Waals surface area (Å²) in [4.78, 5) is 14.6. The van der Waals surface area contributed by atoms with Gasteiger partial charge in [0.25, 0.3) is 0 Å². The summed E-state index contributed by atoms with van der Waals surface area (Å²) >= 11 is 0. The second-order valence-electron chi connectivity index (χ2n) is 6.71. The van der Waals surface area contributed by atoms with E-state index in [-0.39, 0.29) is 5.92 Å². The molecule has 0 aliphatic carbocycles. The predicted molar refractivity (Wildman–Crippen MR) is 89.5 cm³/mol. The van der Waals surface area contributed by atoms with Gasteiger partial charge in [-0.1, -0.05) is 12.1 Å². The largest absolute Gasteiger partial charge is 0.497 e. The number of piperidine rings is 1. The number of amides is 1. The summed E-state index contributed by atoms with van der Waals surface area (Å²) in [5.74, 6) is 2.14. The van der Waals surface area contributed by atoms with Crippen molar-refractivity contribution in [3.05, 3.63) is 29.8 Å². The highest BCUT2D eigenvalue weighted by atomic mass is 16.5. The molecule has 0 bridgehead atoms. The van der Waals surface area contributed by atoms with Crippen molar-refractivity contribution in [2.75, 3.05) is 33.4 Å². The van der Waals surface area contributed by atoms with Crippen LogP contribution in [-0.4, -0.2) is 44.2 Å². The fourth-order valence-corrected chi connectivity index (χ4v) is 3.69. The van der Waals surface area contributed by atoms with Gasteiger partial charge in [0.2, 0.25) is 5.91 Å². The zero-order valence-electron chi connectivity index (χ0n) is 14.0. The van der Waals surface area contributed by atoms with Crippen LogP contribution in [0.3, 0.4) is 0 Å². The lowest BCUT2D eigenvalue weighted by molar-refractivity contribution is -0.139. The van der Waals surface area contributed by atoms with Crippen LogP contribution in [0, 0.1) is 11.8 Å². The highest BCUT2D eigenvalue weighted by Crippen LogP contribution is 2.26. The van der Waals surface area contributed by atoms with Crippen molar-refractivity contribution in [1.82, 2.24) is 4.90 Å². The van der Waals surface area contributed by atoms with Crippen LogP contribution in [0.4, 0.5) is 0 Å². The van der Waals surface area contributed by atoms with E-state index in [1.165, 1.54) is 5.56 Å². The van der Waals surface area contributed by atoms with Gasteiger partial charge < -0.3 is 14.4 Å². The first-order chi connectivity index (χ1) is 11.3. The number of hydrogen-bond acceptors (Lipinski definition) is 3. The maximum Gasteiger partial charge on any atom is 0.225 e. The van der Waals surface area contributed by atoms with Crippen molar-refractivity contribution in [3.8, 4) is 5.75 Å². The van der Waals surface area contributed by atoms with Crippen LogP contribution >= 0.6 is 0 Å². The number of hydrogen-bond donors (Lipinski definition) is 0. The Hall–Kier alpha value is -1.55. The summed E-state index contributed by atoms with van der Waals surface area (Å²) in [5.41, 5.74) is 1.33. The van der Waals surface area contributed by atoms with E-state index in [0.717, 1.165) is 64.2 Å². The minimum absolute atomic E-state index is 0.193. The Labute approximate surface area is 138 Å². The number of carbonyl (C=O) groups is 1. The Morgan fingerprint density at radius 2 is 1.96 bits per heavy atom. The van der Waals surface area contributed by atoms with Crippen molar-refractivity contribution in [1.29, 1.82) is 0 Å². The lowest BCUT2D eigenvalue weighted by Crippen LogP contribution is -2.43. The van der Waals surface area contributed by atoms with Gasteiger partial charge in [0, 0.05) is 32.2 Å². The lowest BCUT2D eigenvalue weighted by Gasteiger charge is -2.35. The number of benzene rings is 1. The van der Waals surface area contributed by atoms with Crippen LogP contribution in [-0.2, 0) is 16.0 Å². The SMILES string of the molecule is COc1cccc(CC2CCN(C(=O)C3CCOCC3)CC2)c1. The maximum atomic E-state index is 12.6. The van der Waals surface area contributed by atoms with Gasteiger partial charge in [-0.2, -0.15) is 0 Å². The van der Waals surface area contributed by atoms with Gasteiger partial charge in [0.15, 0.2) is 0 Å². The van der Waals surface area contributed by atoms with Gasteiger partial charge in [0.1, 0.15) is 5.75 Å². The second kappa shape index (κ2) is 7.82. The minimum Gasteiger partial charge on any atom is -0.497 e. The first-order valence-electron chi connectivity index (χ1n) is 8.75. The summed E-state index contributed by atoms with van der Waals surface area (Å²) in [6.45, 7) is 3.29. The van der Waals surface area contributed by atoms with E-state index in [1.807, 2.05) is 6.07 Å². The molecular formula is C19H27NO3. The summed E-state index contributed by atoms with van der Waals surface area (Å²) in [6, 6.07) is 8.33. The monoisotopic (exact) mass is 317 g/mol. The summed E-state index contributed by atoms with van der Waals surface area (Å²) in [5, 5.41) is 0. The molecule has 2 heterocycles. The molecule has 2 aliphatic heterocycles. The third kappa shape index (κ3) is 4.25. The molecule has 0 saturated carbocycles. The molecule has 0 unspecified atom stereocenters. The van der Waals surface area contributed by atoms with Crippen LogP contribution < -0.4 is 4.74 Å². The van der Waals surface area contributed by atoms with E-state index >= 15 is 0 Å². The molecule has 126 valence electrons. The van der Waals surface area contributed by atoms with E-state index in [9.17, 15) is 4.79 Å². The lowest BCUT2D eigenvalue weighted by atomic mass is 9.89. The van der Waals surface area contributed by atoms with Crippen molar-refractivity contribution in [2.24, 2.45) is 11.8 Å². The molecule has 2 saturated heterocycles. The molecule has 23 heavy (non-hydrogen) atoms. The molecule has 3 rings (SSSR count). The molecule has 1 aromatic carbocycles. The first kappa shape index (κ1) is 16.3. The minimum atomic E-state index is 0.193. The Kier molecular flexibility index (Phi) is 5.55. The average Bonchev–Trinajstić information content (AvgIpc) is 2.63. The van der Waals surface area contributed by atoms with E-state index in [2.05, 4.69) is 23.1 Å². The normalized spacial score (nSPS) is 20.5. The predicted octanol–water partition coefficient (Wildman–Crippen LogP) is 2.90. The zero-order valence-corrected chi connectivity index (χ0v) is 14.0. The number of methoxy groups -OCH3 is 1. The Balaban J connectivity index is 1.48. The fourth-order valence-electron chi connectivity index (χ4n) is 3.69. The molecule has 2 aliphatic rings. The highest BCUT2D eigenvalue weighted by molar-refractivity contribution is 5.79. The molecular weight excluding hydrogens is 290 g/mol. The number of rotatable bonds is 4. The molecule has 0 N–H and O–H groups in total. The molecule has 4 heteroatoms. The molecule has 0 radical (unpaired) electrons. The molecule has 1 aromatic rings. The molecule has 1 amide bonds. The van der Waals surface area contributed by atoms with Gasteiger partial charge >= 0.3 is 0 Å². The van der Waals surface area contributed by atoms with Crippen LogP contribution in [0.5, 0.6) is 5.75 Å². The Bertz CT molecular complexity index is 517. The third-order valence-corrected chi connectivity index (χ3v) is 5.16. The topological polar surface area (TPSA) is 38.8 Å². The van der Waals surface area contributed by atoms with Gasteiger partial charge in [-0.25, -0.2) is 0 Å². The van der Waals surface area contributed by atoms with Gasteiger partial charge in [-0.05, 0) is 55.7 Å². The number of ether oxygens (including phenoxy) is 2. The van der Waals surface area contributed by atoms with Gasteiger partial charge in [0.05, 0.1) is 7.11 Å². The number of likely N-dealkylation sites (tertiary alicyclic amines) is 1. The van der Waals surface area contributed by atoms with Crippen molar-refractivity contribution in [2.45, 2.75) is 32.1 Å². The van der Waals surface area contributed by atoms with Crippen molar-refractivity contribution in [3.63, 3.8) is 0 Å². The van der Waals surface area contributed by atoms with E-state index in [4.69, 9.17) is 9.47 Å². The van der Waals surface area contributed by atoms with E-state index in [0.29, 0.717) is 11.8 Å². The molecule has 0 aromatic heterocycles. The maximum absolute atomic E-state index is 12.6. The molecule has 0 spiro atoms. The summed E-state index contributed by atoms with van der Waals surface area (Å²) < 4.78 is 10.7. The van der Waals surface area contributed by atoms with Crippen LogP contribution in [0.15, 0.2) is 24.3 Å².